The number of ether oxygens (including phenoxy) is 2. The molecule has 0 aromatic heterocycles. The summed E-state index contributed by atoms with van der Waals surface area (Å²) in [6.45, 7) is 9.84. The molecule has 1 aliphatic rings. The maximum atomic E-state index is 5.86. The Labute approximate surface area is 168 Å². The van der Waals surface area contributed by atoms with Crippen molar-refractivity contribution in [1.29, 1.82) is 0 Å². The molecule has 28 heavy (non-hydrogen) atoms. The molecule has 0 amide bonds. The van der Waals surface area contributed by atoms with E-state index in [9.17, 15) is 0 Å². The second kappa shape index (κ2) is 9.51. The molecule has 0 bridgehead atoms. The summed E-state index contributed by atoms with van der Waals surface area (Å²) < 4.78 is 11.5. The summed E-state index contributed by atoms with van der Waals surface area (Å²) in [6, 6.07) is 21.9. The van der Waals surface area contributed by atoms with E-state index in [4.69, 9.17) is 14.5 Å². The van der Waals surface area contributed by atoms with Crippen molar-refractivity contribution in [1.82, 2.24) is 0 Å². The van der Waals surface area contributed by atoms with Gasteiger partial charge in [-0.2, -0.15) is 0 Å². The Morgan fingerprint density at radius 3 is 2.04 bits per heavy atom. The molecule has 0 fully saturated rings. The van der Waals surface area contributed by atoms with Gasteiger partial charge in [-0.05, 0) is 30.3 Å². The van der Waals surface area contributed by atoms with E-state index in [0.717, 1.165) is 6.04 Å². The van der Waals surface area contributed by atoms with Gasteiger partial charge in [-0.3, -0.25) is 0 Å². The van der Waals surface area contributed by atoms with Gasteiger partial charge in [0.1, 0.15) is 20.7 Å². The molecule has 4 nitrogen and oxygen atoms in total. The van der Waals surface area contributed by atoms with Crippen LogP contribution in [0.25, 0.3) is 0 Å². The fourth-order valence-corrected chi connectivity index (χ4v) is 7.58. The van der Waals surface area contributed by atoms with Crippen LogP contribution < -0.4 is 10.4 Å². The van der Waals surface area contributed by atoms with Crippen LogP contribution in [0.1, 0.15) is 13.8 Å². The predicted octanol–water partition coefficient (Wildman–Crippen LogP) is 3.23. The van der Waals surface area contributed by atoms with E-state index >= 15 is 0 Å². The van der Waals surface area contributed by atoms with Crippen LogP contribution in [0.5, 0.6) is 0 Å². The highest BCUT2D eigenvalue weighted by molar-refractivity contribution is 7.06. The molecule has 0 aliphatic carbocycles. The molecule has 0 spiro atoms. The monoisotopic (exact) mass is 392 g/mol. The summed E-state index contributed by atoms with van der Waals surface area (Å²) in [5.74, 6) is 1.39. The molecule has 1 heterocycles. The van der Waals surface area contributed by atoms with Gasteiger partial charge in [-0.15, -0.1) is 6.58 Å². The topological polar surface area (TPSA) is 43.2 Å². The molecule has 146 valence electrons. The van der Waals surface area contributed by atoms with Crippen molar-refractivity contribution in [2.45, 2.75) is 25.9 Å². The average Bonchev–Trinajstić information content (AvgIpc) is 2.75. The lowest BCUT2D eigenvalue weighted by Gasteiger charge is -2.33. The summed E-state index contributed by atoms with van der Waals surface area (Å²) in [5.41, 5.74) is 2.16. The van der Waals surface area contributed by atoms with Gasteiger partial charge in [-0.1, -0.05) is 66.4 Å². The smallest absolute Gasteiger partial charge is 0.209 e. The lowest BCUT2D eigenvalue weighted by atomic mass is 10.3. The molecule has 5 heteroatoms. The third kappa shape index (κ3) is 4.25. The lowest BCUT2D eigenvalue weighted by Crippen LogP contribution is -2.59. The van der Waals surface area contributed by atoms with Crippen molar-refractivity contribution < 1.29 is 9.47 Å². The molecular formula is C23H28N2O2Si. The number of benzene rings is 2. The van der Waals surface area contributed by atoms with Crippen LogP contribution in [0.4, 0.5) is 0 Å². The maximum Gasteiger partial charge on any atom is 0.209 e. The minimum atomic E-state index is -2.29. The Morgan fingerprint density at radius 1 is 0.964 bits per heavy atom. The molecule has 0 saturated heterocycles. The van der Waals surface area contributed by atoms with Gasteiger partial charge in [0.2, 0.25) is 11.8 Å². The third-order valence-electron chi connectivity index (χ3n) is 5.00. The first-order valence-corrected chi connectivity index (χ1v) is 12.1. The van der Waals surface area contributed by atoms with Crippen molar-refractivity contribution >= 4 is 30.2 Å². The molecule has 2 aromatic rings. The number of hydrogen-bond acceptors (Lipinski definition) is 4. The summed E-state index contributed by atoms with van der Waals surface area (Å²) in [6.07, 6.45) is 0. The Morgan fingerprint density at radius 2 is 1.54 bits per heavy atom. The zero-order valence-corrected chi connectivity index (χ0v) is 17.7. The number of rotatable bonds is 7. The first-order chi connectivity index (χ1) is 13.7. The van der Waals surface area contributed by atoms with Gasteiger partial charge in [-0.25, -0.2) is 9.98 Å². The molecule has 1 atom stereocenters. The van der Waals surface area contributed by atoms with Crippen molar-refractivity contribution in [2.75, 3.05) is 19.8 Å². The Balaban J connectivity index is 2.06. The van der Waals surface area contributed by atoms with E-state index in [1.165, 1.54) is 10.4 Å². The molecule has 0 saturated carbocycles. The Bertz CT molecular complexity index is 795. The van der Waals surface area contributed by atoms with Gasteiger partial charge < -0.3 is 9.47 Å². The summed E-state index contributed by atoms with van der Waals surface area (Å²) in [4.78, 5) is 9.51. The van der Waals surface area contributed by atoms with Crippen LogP contribution in [0.3, 0.4) is 0 Å². The van der Waals surface area contributed by atoms with Crippen molar-refractivity contribution in [2.24, 2.45) is 9.98 Å². The van der Waals surface area contributed by atoms with Crippen LogP contribution in [0.15, 0.2) is 82.9 Å². The van der Waals surface area contributed by atoms with E-state index in [1.807, 2.05) is 13.8 Å². The second-order valence-corrected chi connectivity index (χ2v) is 10.6. The van der Waals surface area contributed by atoms with E-state index in [0.29, 0.717) is 31.6 Å². The van der Waals surface area contributed by atoms with Crippen molar-refractivity contribution in [3.8, 4) is 0 Å². The summed E-state index contributed by atoms with van der Waals surface area (Å²) in [5, 5.41) is 2.62. The fraction of sp³-hybridized carbons (Fsp3) is 0.304. The molecule has 0 radical (unpaired) electrons. The standard InChI is InChI=1S/C23H28N2O2Si/c1-4-26-22-17-24-23(27-5-2)21(25-22)18-28(6-3,19-13-9-7-10-14-19)20-15-11-8-12-16-20/h6-16,21H,3-5,17-18H2,1-2H3/t21-/m0/s1. The minimum absolute atomic E-state index is 0.166. The highest BCUT2D eigenvalue weighted by Gasteiger charge is 2.39. The molecule has 0 N–H and O–H groups in total. The third-order valence-corrected chi connectivity index (χ3v) is 9.45. The molecule has 1 aliphatic heterocycles. The lowest BCUT2D eigenvalue weighted by molar-refractivity contribution is 0.296. The van der Waals surface area contributed by atoms with Gasteiger partial charge in [0.05, 0.1) is 13.2 Å². The van der Waals surface area contributed by atoms with E-state index in [1.54, 1.807) is 0 Å². The van der Waals surface area contributed by atoms with Crippen LogP contribution in [-0.4, -0.2) is 45.7 Å². The zero-order valence-electron chi connectivity index (χ0n) is 16.7. The number of nitrogens with zero attached hydrogens (tertiary/aromatic N) is 2. The Kier molecular flexibility index (Phi) is 6.82. The zero-order chi connectivity index (χ0) is 19.8. The van der Waals surface area contributed by atoms with E-state index in [2.05, 4.69) is 77.9 Å². The van der Waals surface area contributed by atoms with Crippen LogP contribution in [-0.2, 0) is 9.47 Å². The SMILES string of the molecule is C=C[Si](C[C@@H]1N=C(OCC)CN=C1OCC)(c1ccccc1)c1ccccc1. The van der Waals surface area contributed by atoms with E-state index < -0.39 is 8.07 Å². The normalized spacial score (nSPS) is 16.7. The van der Waals surface area contributed by atoms with Crippen LogP contribution in [0, 0.1) is 0 Å². The van der Waals surface area contributed by atoms with Crippen LogP contribution in [0.2, 0.25) is 6.04 Å². The van der Waals surface area contributed by atoms with Crippen LogP contribution >= 0.6 is 0 Å². The van der Waals surface area contributed by atoms with Gasteiger partial charge in [0.15, 0.2) is 0 Å². The predicted molar refractivity (Wildman–Crippen MR) is 120 cm³/mol. The Hall–Kier alpha value is -2.66. The average molecular weight is 393 g/mol. The molecule has 3 rings (SSSR count). The van der Waals surface area contributed by atoms with Gasteiger partial charge in [0, 0.05) is 0 Å². The first kappa shape index (κ1) is 20.1. The highest BCUT2D eigenvalue weighted by Crippen LogP contribution is 2.21. The first-order valence-electron chi connectivity index (χ1n) is 9.84. The van der Waals surface area contributed by atoms with E-state index in [-0.39, 0.29) is 6.04 Å². The number of aliphatic imine (C=N–C) groups is 2. The summed E-state index contributed by atoms with van der Waals surface area (Å²) in [7, 11) is -2.29. The van der Waals surface area contributed by atoms with Crippen molar-refractivity contribution in [3.05, 3.63) is 72.9 Å². The molecular weight excluding hydrogens is 364 g/mol. The maximum absolute atomic E-state index is 5.86. The number of hydrogen-bond donors (Lipinski definition) is 0. The van der Waals surface area contributed by atoms with Gasteiger partial charge in [0.25, 0.3) is 0 Å². The highest BCUT2D eigenvalue weighted by atomic mass is 28.3. The van der Waals surface area contributed by atoms with Crippen molar-refractivity contribution in [3.63, 3.8) is 0 Å². The fourth-order valence-electron chi connectivity index (χ4n) is 3.69. The molecule has 0 unspecified atom stereocenters. The van der Waals surface area contributed by atoms with Gasteiger partial charge >= 0.3 is 0 Å². The molecule has 2 aromatic carbocycles. The largest absolute Gasteiger partial charge is 0.480 e. The quantitative estimate of drug-likeness (QED) is 0.679. The summed E-state index contributed by atoms with van der Waals surface area (Å²) >= 11 is 0. The minimum Gasteiger partial charge on any atom is -0.480 e. The second-order valence-electron chi connectivity index (χ2n) is 6.67.